The lowest BCUT2D eigenvalue weighted by molar-refractivity contribution is -0.139. The summed E-state index contributed by atoms with van der Waals surface area (Å²) >= 11 is 4.99. The van der Waals surface area contributed by atoms with E-state index < -0.39 is 17.7 Å². The molecule has 0 spiro atoms. The summed E-state index contributed by atoms with van der Waals surface area (Å²) in [6.07, 6.45) is 3.19. The van der Waals surface area contributed by atoms with Crippen LogP contribution in [0.1, 0.15) is 47.0 Å². The van der Waals surface area contributed by atoms with Gasteiger partial charge in [-0.05, 0) is 92.7 Å². The number of halogens is 1. The second kappa shape index (κ2) is 11.6. The van der Waals surface area contributed by atoms with E-state index in [1.807, 2.05) is 16.7 Å². The largest absolute Gasteiger partial charge is 0.465 e. The first-order valence-electron chi connectivity index (χ1n) is 13.5. The fraction of sp³-hybridized carbons (Fsp3) is 0.519. The molecule has 4 aliphatic heterocycles. The number of nitrogen functional groups attached to an aromatic ring is 1. The molecule has 1 aromatic carbocycles. The molecule has 4 aliphatic rings. The highest BCUT2D eigenvalue weighted by Gasteiger charge is 2.37. The monoisotopic (exact) mass is 647 g/mol. The summed E-state index contributed by atoms with van der Waals surface area (Å²) in [4.78, 5) is 42.6. The van der Waals surface area contributed by atoms with Crippen LogP contribution in [0.25, 0.3) is 11.5 Å². The van der Waals surface area contributed by atoms with Crippen LogP contribution in [0.3, 0.4) is 0 Å². The number of anilines is 1. The normalized spacial score (nSPS) is 16.3. The van der Waals surface area contributed by atoms with Crippen LogP contribution in [-0.4, -0.2) is 77.9 Å². The highest BCUT2D eigenvalue weighted by atomic mass is 79.9. The minimum atomic E-state index is -1.09. The molecule has 1 aromatic rings. The molecule has 0 bridgehead atoms. The quantitative estimate of drug-likeness (QED) is 0.366. The zero-order chi connectivity index (χ0) is 29.5. The minimum Gasteiger partial charge on any atom is -0.465 e. The van der Waals surface area contributed by atoms with Gasteiger partial charge in [-0.25, -0.2) is 19.7 Å². The van der Waals surface area contributed by atoms with Crippen LogP contribution < -0.4 is 15.2 Å². The Kier molecular flexibility index (Phi) is 8.24. The van der Waals surface area contributed by atoms with Gasteiger partial charge in [0, 0.05) is 34.5 Å². The van der Waals surface area contributed by atoms with Gasteiger partial charge in [0.2, 0.25) is 12.7 Å². The fourth-order valence-electron chi connectivity index (χ4n) is 5.39. The maximum atomic E-state index is 13.1. The van der Waals surface area contributed by atoms with Crippen LogP contribution in [0.15, 0.2) is 33.0 Å². The maximum absolute atomic E-state index is 13.1. The van der Waals surface area contributed by atoms with Crippen molar-refractivity contribution in [3.63, 3.8) is 0 Å². The summed E-state index contributed by atoms with van der Waals surface area (Å²) < 4.78 is 13.8. The van der Waals surface area contributed by atoms with E-state index in [0.29, 0.717) is 59.5 Å². The first kappa shape index (κ1) is 29.2. The van der Waals surface area contributed by atoms with Crippen LogP contribution in [-0.2, 0) is 11.3 Å². The standard InChI is InChI=1S/C27H34BrN7O5S/c1-15(35(26(37)38)27(2,3)4)24(36)33-8-5-16(6-9-33)7-10-34-13-30-22(29)21-23(34)32-25(31-21)41-20-12-19-18(11-17(20)28)39-14-40-19/h11-13,15-16H,5-10,14,29H2,1-4H3,(H,37,38)/t15-/m1/s1. The zero-order valence-electron chi connectivity index (χ0n) is 23.5. The average Bonchev–Trinajstić information content (AvgIpc) is 3.54. The average molecular weight is 649 g/mol. The summed E-state index contributed by atoms with van der Waals surface area (Å²) in [6, 6.07) is 3.03. The van der Waals surface area contributed by atoms with Crippen molar-refractivity contribution in [3.8, 4) is 23.0 Å². The van der Waals surface area contributed by atoms with Gasteiger partial charge >= 0.3 is 6.09 Å². The molecular weight excluding hydrogens is 614 g/mol. The van der Waals surface area contributed by atoms with Crippen molar-refractivity contribution >= 4 is 45.5 Å². The van der Waals surface area contributed by atoms with Gasteiger partial charge in [-0.15, -0.1) is 0 Å². The lowest BCUT2D eigenvalue weighted by Crippen LogP contribution is -2.57. The number of imidazole rings is 1. The topological polar surface area (TPSA) is 149 Å². The molecule has 0 saturated carbocycles. The van der Waals surface area contributed by atoms with Crippen LogP contribution in [0.4, 0.5) is 10.6 Å². The van der Waals surface area contributed by atoms with Crippen molar-refractivity contribution in [3.05, 3.63) is 22.9 Å². The Balaban J connectivity index is 1.21. The van der Waals surface area contributed by atoms with Crippen molar-refractivity contribution in [1.82, 2.24) is 29.3 Å². The van der Waals surface area contributed by atoms with E-state index in [2.05, 4.69) is 25.9 Å². The molecule has 1 fully saturated rings. The molecule has 220 valence electrons. The highest BCUT2D eigenvalue weighted by molar-refractivity contribution is 9.10. The Hall–Kier alpha value is -3.26. The van der Waals surface area contributed by atoms with Crippen molar-refractivity contribution in [1.29, 1.82) is 0 Å². The van der Waals surface area contributed by atoms with E-state index in [4.69, 9.17) is 20.2 Å². The van der Waals surface area contributed by atoms with E-state index in [1.165, 1.54) is 16.7 Å². The Morgan fingerprint density at radius 2 is 1.90 bits per heavy atom. The number of likely N-dealkylation sites (tertiary alicyclic amines) is 1. The lowest BCUT2D eigenvalue weighted by atomic mass is 9.93. The van der Waals surface area contributed by atoms with Crippen molar-refractivity contribution in [2.75, 3.05) is 25.6 Å². The van der Waals surface area contributed by atoms with Crippen molar-refractivity contribution < 1.29 is 24.2 Å². The predicted octanol–water partition coefficient (Wildman–Crippen LogP) is 4.80. The summed E-state index contributed by atoms with van der Waals surface area (Å²) in [5.74, 6) is 2.64. The molecule has 0 aliphatic carbocycles. The molecule has 1 saturated heterocycles. The fourth-order valence-corrected chi connectivity index (χ4v) is 6.74. The van der Waals surface area contributed by atoms with Crippen molar-refractivity contribution in [2.24, 2.45) is 5.92 Å². The number of fused-ring (bicyclic) bond motifs is 2. The van der Waals surface area contributed by atoms with Crippen LogP contribution in [0.2, 0.25) is 0 Å². The SMILES string of the molecule is C[C@H](C(=O)N1CCC(CCn2cnc(N)c3nc(Sc4cc5c(cc4Br)OCO5)nc2-3)CC1)N(C(=O)O)C(C)(C)C. The third-order valence-electron chi connectivity index (χ3n) is 7.48. The van der Waals surface area contributed by atoms with Gasteiger partial charge in [-0.3, -0.25) is 9.69 Å². The molecule has 0 unspecified atom stereocenters. The molecule has 14 heteroatoms. The summed E-state index contributed by atoms with van der Waals surface area (Å²) in [7, 11) is 0. The number of aryl methyl sites for hydroxylation is 1. The van der Waals surface area contributed by atoms with Gasteiger partial charge in [0.1, 0.15) is 6.04 Å². The Bertz CT molecular complexity index is 1420. The number of piperidine rings is 1. The molecule has 0 radical (unpaired) electrons. The van der Waals surface area contributed by atoms with Gasteiger partial charge in [0.15, 0.2) is 34.0 Å². The number of carbonyl (C=O) groups is 2. The first-order chi connectivity index (χ1) is 19.4. The number of carboxylic acid groups (broad SMARTS) is 1. The van der Waals surface area contributed by atoms with Gasteiger partial charge in [-0.2, -0.15) is 0 Å². The molecule has 41 heavy (non-hydrogen) atoms. The summed E-state index contributed by atoms with van der Waals surface area (Å²) in [5, 5.41) is 10.2. The number of nitrogens with two attached hydrogens (primary N) is 1. The number of carbonyl (C=O) groups excluding carboxylic acids is 1. The van der Waals surface area contributed by atoms with E-state index in [0.717, 1.165) is 28.6 Å². The molecule has 2 amide bonds. The number of aromatic nitrogens is 4. The van der Waals surface area contributed by atoms with Gasteiger partial charge < -0.3 is 29.8 Å². The number of hydrogen-bond acceptors (Lipinski definition) is 9. The van der Waals surface area contributed by atoms with Gasteiger partial charge in [-0.1, -0.05) is 0 Å². The summed E-state index contributed by atoms with van der Waals surface area (Å²) in [5.41, 5.74) is 6.04. The van der Waals surface area contributed by atoms with E-state index >= 15 is 0 Å². The van der Waals surface area contributed by atoms with Crippen LogP contribution in [0, 0.1) is 5.92 Å². The summed E-state index contributed by atoms with van der Waals surface area (Å²) in [6.45, 7) is 9.16. The van der Waals surface area contributed by atoms with E-state index in [9.17, 15) is 14.7 Å². The van der Waals surface area contributed by atoms with Crippen molar-refractivity contribution in [2.45, 2.75) is 75.1 Å². The number of ether oxygens (including phenoxy) is 2. The molecular formula is C27H34BrN7O5S. The van der Waals surface area contributed by atoms with Crippen LogP contribution in [0.5, 0.6) is 11.5 Å². The molecule has 1 atom stereocenters. The Morgan fingerprint density at radius 3 is 2.56 bits per heavy atom. The Labute approximate surface area is 251 Å². The molecule has 3 N–H and O–H groups in total. The zero-order valence-corrected chi connectivity index (χ0v) is 25.9. The van der Waals surface area contributed by atoms with Gasteiger partial charge in [0.05, 0.1) is 6.33 Å². The number of hydrogen-bond donors (Lipinski definition) is 2. The second-order valence-electron chi connectivity index (χ2n) is 11.3. The molecule has 5 rings (SSSR count). The number of amides is 2. The lowest BCUT2D eigenvalue weighted by Gasteiger charge is -2.40. The minimum absolute atomic E-state index is 0.147. The molecule has 0 aromatic heterocycles. The van der Waals surface area contributed by atoms with Crippen LogP contribution >= 0.6 is 27.7 Å². The maximum Gasteiger partial charge on any atom is 0.408 e. The third-order valence-corrected chi connectivity index (χ3v) is 9.32. The highest BCUT2D eigenvalue weighted by Crippen LogP contribution is 2.43. The van der Waals surface area contributed by atoms with E-state index in [-0.39, 0.29) is 12.7 Å². The number of nitrogens with zero attached hydrogens (tertiary/aromatic N) is 6. The predicted molar refractivity (Wildman–Crippen MR) is 156 cm³/mol. The van der Waals surface area contributed by atoms with E-state index in [1.54, 1.807) is 38.9 Å². The number of rotatable bonds is 7. The number of benzene rings is 1. The molecule has 4 heterocycles. The first-order valence-corrected chi connectivity index (χ1v) is 15.1. The third kappa shape index (κ3) is 6.17. The second-order valence-corrected chi connectivity index (χ2v) is 13.2. The van der Waals surface area contributed by atoms with Gasteiger partial charge in [0.25, 0.3) is 0 Å². The Morgan fingerprint density at radius 1 is 1.22 bits per heavy atom. The smallest absolute Gasteiger partial charge is 0.408 e. The molecule has 12 nitrogen and oxygen atoms in total.